The normalized spacial score (nSPS) is 13.3. The van der Waals surface area contributed by atoms with E-state index in [1.807, 2.05) is 4.72 Å². The Balaban J connectivity index is 3.45. The van der Waals surface area contributed by atoms with E-state index < -0.39 is 17.2 Å². The van der Waals surface area contributed by atoms with Crippen molar-refractivity contribution in [2.45, 2.75) is 0 Å². The quantitative estimate of drug-likeness (QED) is 0.344. The van der Waals surface area contributed by atoms with Crippen molar-refractivity contribution in [1.29, 1.82) is 0 Å². The van der Waals surface area contributed by atoms with Gasteiger partial charge in [-0.05, 0) is 0 Å². The molecule has 0 amide bonds. The van der Waals surface area contributed by atoms with Gasteiger partial charge in [0.15, 0.2) is 0 Å². The first-order valence-corrected chi connectivity index (χ1v) is 3.81. The summed E-state index contributed by atoms with van der Waals surface area (Å²) >= 11 is -2.29. The van der Waals surface area contributed by atoms with Crippen LogP contribution in [0.15, 0.2) is 12.2 Å². The van der Waals surface area contributed by atoms with Gasteiger partial charge in [-0.25, -0.2) is 9.52 Å². The number of hydrogen-bond donors (Lipinski definition) is 1. The number of nitrogens with one attached hydrogen (secondary N) is 1. The highest BCUT2D eigenvalue weighted by molar-refractivity contribution is 7.77. The summed E-state index contributed by atoms with van der Waals surface area (Å²) in [6.07, 6.45) is 2.49. The van der Waals surface area contributed by atoms with Crippen molar-refractivity contribution in [3.05, 3.63) is 12.2 Å². The van der Waals surface area contributed by atoms with Gasteiger partial charge in [-0.2, -0.15) is 0 Å². The summed E-state index contributed by atoms with van der Waals surface area (Å²) in [5, 5.41) is 0. The molecule has 0 radical (unpaired) electrons. The highest BCUT2D eigenvalue weighted by Gasteiger charge is 1.87. The van der Waals surface area contributed by atoms with Crippen molar-refractivity contribution in [2.24, 2.45) is 0 Å². The minimum atomic E-state index is -2.29. The zero-order valence-electron chi connectivity index (χ0n) is 5.90. The Morgan fingerprint density at radius 3 is 2.91 bits per heavy atom. The van der Waals surface area contributed by atoms with E-state index in [-0.39, 0.29) is 6.54 Å². The van der Waals surface area contributed by atoms with Gasteiger partial charge in [0.2, 0.25) is 0 Å². The summed E-state index contributed by atoms with van der Waals surface area (Å²) in [6.45, 7) is 0.0885. The highest BCUT2D eigenvalue weighted by Crippen LogP contribution is 1.76. The molecule has 0 fully saturated rings. The van der Waals surface area contributed by atoms with Crippen LogP contribution >= 0.6 is 0 Å². The van der Waals surface area contributed by atoms with Crippen LogP contribution < -0.4 is 4.72 Å². The van der Waals surface area contributed by atoms with Crippen LogP contribution in [0.25, 0.3) is 0 Å². The Morgan fingerprint density at radius 2 is 2.45 bits per heavy atom. The molecule has 11 heavy (non-hydrogen) atoms. The maximum atomic E-state index is 10.4. The molecule has 0 saturated heterocycles. The third kappa shape index (κ3) is 7.17. The molecule has 0 heterocycles. The zero-order chi connectivity index (χ0) is 8.69. The second kappa shape index (κ2) is 6.02. The topological polar surface area (TPSA) is 78.5 Å². The van der Waals surface area contributed by atoms with Crippen LogP contribution in [0.1, 0.15) is 0 Å². The fourth-order valence-corrected chi connectivity index (χ4v) is 0.572. The number of methoxy groups -OCH3 is 1. The number of ether oxygens (including phenoxy) is 1. The number of carbonyl (C=O) groups is 1. The van der Waals surface area contributed by atoms with Gasteiger partial charge in [-0.3, -0.25) is 4.21 Å². The van der Waals surface area contributed by atoms with E-state index in [0.717, 1.165) is 6.08 Å². The van der Waals surface area contributed by atoms with Gasteiger partial charge in [0.1, 0.15) is 0 Å². The first-order valence-electron chi connectivity index (χ1n) is 2.74. The van der Waals surface area contributed by atoms with Crippen LogP contribution in [-0.2, 0) is 20.8 Å². The Hall–Kier alpha value is -0.720. The maximum Gasteiger partial charge on any atom is 0.330 e. The Morgan fingerprint density at radius 1 is 1.82 bits per heavy atom. The monoisotopic (exact) mass is 178 g/mol. The number of hydrogen-bond acceptors (Lipinski definition) is 4. The van der Waals surface area contributed by atoms with Gasteiger partial charge in [0.25, 0.3) is 0 Å². The van der Waals surface area contributed by atoms with Crippen molar-refractivity contribution < 1.29 is 18.3 Å². The molecule has 1 N–H and O–H groups in total. The summed E-state index contributed by atoms with van der Waals surface area (Å²) < 4.78 is 26.0. The lowest BCUT2D eigenvalue weighted by molar-refractivity contribution is -0.134. The van der Waals surface area contributed by atoms with Gasteiger partial charge in [-0.15, -0.1) is 0 Å². The Labute approximate surface area is 66.8 Å². The predicted octanol–water partition coefficient (Wildman–Crippen LogP) is -0.901. The standard InChI is InChI=1S/C5H9NO4S/c1-10-5(7)3-2-4-6-11(8)9/h2-3,6H,4H2,1H3,(H,8,9)/p-1. The molecule has 0 aromatic heterocycles. The van der Waals surface area contributed by atoms with E-state index in [1.165, 1.54) is 13.2 Å². The third-order valence-corrected chi connectivity index (χ3v) is 1.18. The van der Waals surface area contributed by atoms with Crippen LogP contribution in [0.5, 0.6) is 0 Å². The lowest BCUT2D eigenvalue weighted by Crippen LogP contribution is -2.16. The number of rotatable bonds is 4. The summed E-state index contributed by atoms with van der Waals surface area (Å²) in [4.78, 5) is 10.4. The second-order valence-electron chi connectivity index (χ2n) is 1.51. The second-order valence-corrected chi connectivity index (χ2v) is 2.27. The minimum Gasteiger partial charge on any atom is -0.760 e. The molecule has 0 bridgehead atoms. The smallest absolute Gasteiger partial charge is 0.330 e. The van der Waals surface area contributed by atoms with E-state index >= 15 is 0 Å². The molecule has 64 valence electrons. The van der Waals surface area contributed by atoms with Gasteiger partial charge >= 0.3 is 5.97 Å². The molecule has 6 heteroatoms. The summed E-state index contributed by atoms with van der Waals surface area (Å²) in [5.74, 6) is -0.511. The Bertz CT molecular complexity index is 179. The average Bonchev–Trinajstić information content (AvgIpc) is 1.97. The van der Waals surface area contributed by atoms with Crippen LogP contribution in [0.2, 0.25) is 0 Å². The van der Waals surface area contributed by atoms with Crippen LogP contribution in [0, 0.1) is 0 Å². The molecule has 0 spiro atoms. The summed E-state index contributed by atoms with van der Waals surface area (Å²) in [6, 6.07) is 0. The maximum absolute atomic E-state index is 10.4. The zero-order valence-corrected chi connectivity index (χ0v) is 6.72. The molecule has 0 aliphatic heterocycles. The molecule has 0 aromatic carbocycles. The Kier molecular flexibility index (Phi) is 5.63. The molecule has 5 nitrogen and oxygen atoms in total. The first-order chi connectivity index (χ1) is 5.16. The molecule has 0 aliphatic rings. The molecule has 0 aliphatic carbocycles. The van der Waals surface area contributed by atoms with E-state index in [9.17, 15) is 13.6 Å². The fourth-order valence-electron chi connectivity index (χ4n) is 0.339. The molecular formula is C5H8NO4S-. The largest absolute Gasteiger partial charge is 0.760 e. The van der Waals surface area contributed by atoms with Crippen molar-refractivity contribution in [1.82, 2.24) is 4.72 Å². The van der Waals surface area contributed by atoms with Crippen LogP contribution in [0.4, 0.5) is 0 Å². The molecule has 0 aromatic rings. The molecule has 1 unspecified atom stereocenters. The van der Waals surface area contributed by atoms with E-state index in [2.05, 4.69) is 4.74 Å². The molecule has 0 rings (SSSR count). The minimum absolute atomic E-state index is 0.0885. The van der Waals surface area contributed by atoms with E-state index in [4.69, 9.17) is 0 Å². The van der Waals surface area contributed by atoms with Gasteiger partial charge in [-0.1, -0.05) is 6.08 Å². The third-order valence-electron chi connectivity index (χ3n) is 0.774. The summed E-state index contributed by atoms with van der Waals surface area (Å²) in [7, 11) is 1.24. The number of esters is 1. The van der Waals surface area contributed by atoms with Crippen molar-refractivity contribution in [3.63, 3.8) is 0 Å². The SMILES string of the molecule is COC(=O)C=CCNS(=O)[O-]. The lowest BCUT2D eigenvalue weighted by atomic mass is 10.5. The lowest BCUT2D eigenvalue weighted by Gasteiger charge is -2.02. The van der Waals surface area contributed by atoms with Crippen molar-refractivity contribution in [2.75, 3.05) is 13.7 Å². The van der Waals surface area contributed by atoms with Gasteiger partial charge < -0.3 is 9.29 Å². The van der Waals surface area contributed by atoms with Gasteiger partial charge in [0, 0.05) is 23.9 Å². The van der Waals surface area contributed by atoms with Crippen LogP contribution in [0.3, 0.4) is 0 Å². The van der Waals surface area contributed by atoms with Gasteiger partial charge in [0.05, 0.1) is 7.11 Å². The average molecular weight is 178 g/mol. The summed E-state index contributed by atoms with van der Waals surface area (Å²) in [5.41, 5.74) is 0. The molecule has 0 saturated carbocycles. The van der Waals surface area contributed by atoms with E-state index in [1.54, 1.807) is 0 Å². The number of carbonyl (C=O) groups excluding carboxylic acids is 1. The first kappa shape index (κ1) is 10.3. The molecular weight excluding hydrogens is 170 g/mol. The molecule has 1 atom stereocenters. The highest BCUT2D eigenvalue weighted by atomic mass is 32.2. The van der Waals surface area contributed by atoms with Crippen molar-refractivity contribution in [3.8, 4) is 0 Å². The fraction of sp³-hybridized carbons (Fsp3) is 0.400. The van der Waals surface area contributed by atoms with Crippen LogP contribution in [-0.4, -0.2) is 28.4 Å². The predicted molar refractivity (Wildman–Crippen MR) is 38.1 cm³/mol. The van der Waals surface area contributed by atoms with E-state index in [0.29, 0.717) is 0 Å². The van der Waals surface area contributed by atoms with Crippen molar-refractivity contribution >= 4 is 17.2 Å².